The molecule has 0 atom stereocenters. The van der Waals surface area contributed by atoms with Crippen LogP contribution in [-0.4, -0.2) is 19.5 Å². The van der Waals surface area contributed by atoms with Gasteiger partial charge in [-0.1, -0.05) is 11.3 Å². The molecule has 0 aliphatic heterocycles. The zero-order chi connectivity index (χ0) is 17.0. The van der Waals surface area contributed by atoms with Crippen molar-refractivity contribution >= 4 is 81.3 Å². The maximum absolute atomic E-state index is 12.7. The van der Waals surface area contributed by atoms with E-state index in [0.717, 1.165) is 10.0 Å². The first-order chi connectivity index (χ1) is 11.4. The normalized spacial score (nSPS) is 12.5. The Hall–Kier alpha value is -1.29. The minimum atomic E-state index is -0.160. The number of phenols is 1. The Labute approximate surface area is 164 Å². The molecule has 9 heteroatoms. The maximum atomic E-state index is 12.7. The lowest BCUT2D eigenvalue weighted by Crippen LogP contribution is -2.22. The molecule has 3 heterocycles. The van der Waals surface area contributed by atoms with Crippen molar-refractivity contribution in [2.24, 2.45) is 0 Å². The lowest BCUT2D eigenvalue weighted by atomic mass is 10.2. The molecule has 0 fully saturated rings. The van der Waals surface area contributed by atoms with E-state index in [-0.39, 0.29) is 11.3 Å². The fraction of sp³-hybridized carbons (Fsp3) is 0. The van der Waals surface area contributed by atoms with E-state index in [0.29, 0.717) is 29.6 Å². The lowest BCUT2D eigenvalue weighted by molar-refractivity contribution is 0.468. The number of fused-ring (bicyclic) bond motifs is 3. The highest BCUT2D eigenvalue weighted by Crippen LogP contribution is 2.33. The molecule has 5 nitrogen and oxygen atoms in total. The number of aromatic hydroxyl groups is 1. The Kier molecular flexibility index (Phi) is 3.98. The van der Waals surface area contributed by atoms with E-state index in [2.05, 4.69) is 57.8 Å². The standard InChI is InChI=1S/C15H6Br3N3O2S/c16-7-4-10-13(19-5-7)21-14(23)11(24-15(21)20-10)3-6-1-8(17)12(22)9(18)2-6/h1-5,22H. The number of hydrogen-bond donors (Lipinski definition) is 1. The molecule has 4 aromatic rings. The first-order valence-electron chi connectivity index (χ1n) is 6.60. The molecule has 24 heavy (non-hydrogen) atoms. The summed E-state index contributed by atoms with van der Waals surface area (Å²) in [5.74, 6) is 0.122. The van der Waals surface area contributed by atoms with Crippen molar-refractivity contribution in [2.45, 2.75) is 0 Å². The van der Waals surface area contributed by atoms with Gasteiger partial charge in [-0.15, -0.1) is 0 Å². The molecule has 0 saturated heterocycles. The summed E-state index contributed by atoms with van der Waals surface area (Å²) in [7, 11) is 0. The summed E-state index contributed by atoms with van der Waals surface area (Å²) >= 11 is 11.2. The first-order valence-corrected chi connectivity index (χ1v) is 9.80. The monoisotopic (exact) mass is 529 g/mol. The molecule has 0 radical (unpaired) electrons. The van der Waals surface area contributed by atoms with Gasteiger partial charge in [0.05, 0.1) is 13.5 Å². The van der Waals surface area contributed by atoms with Crippen molar-refractivity contribution in [1.29, 1.82) is 0 Å². The summed E-state index contributed by atoms with van der Waals surface area (Å²) in [5.41, 5.74) is 1.84. The fourth-order valence-electron chi connectivity index (χ4n) is 2.33. The Morgan fingerprint density at radius 1 is 1.17 bits per heavy atom. The minimum absolute atomic E-state index is 0.122. The van der Waals surface area contributed by atoms with Gasteiger partial charge in [0.1, 0.15) is 11.3 Å². The van der Waals surface area contributed by atoms with Crippen molar-refractivity contribution in [2.75, 3.05) is 0 Å². The number of hydrogen-bond acceptors (Lipinski definition) is 5. The zero-order valence-corrected chi connectivity index (χ0v) is 17.2. The molecule has 0 saturated carbocycles. The van der Waals surface area contributed by atoms with Gasteiger partial charge in [-0.25, -0.2) is 14.4 Å². The largest absolute Gasteiger partial charge is 0.506 e. The van der Waals surface area contributed by atoms with Crippen molar-refractivity contribution in [1.82, 2.24) is 14.4 Å². The summed E-state index contributed by atoms with van der Waals surface area (Å²) in [6.07, 6.45) is 3.41. The van der Waals surface area contributed by atoms with Crippen LogP contribution in [-0.2, 0) is 0 Å². The number of rotatable bonds is 1. The third kappa shape index (κ3) is 2.59. The molecule has 120 valence electrons. The number of benzene rings is 1. The van der Waals surface area contributed by atoms with Crippen LogP contribution in [0.2, 0.25) is 0 Å². The Bertz CT molecular complexity index is 1210. The highest BCUT2D eigenvalue weighted by molar-refractivity contribution is 9.11. The first kappa shape index (κ1) is 16.2. The number of nitrogens with zero attached hydrogens (tertiary/aromatic N) is 3. The second-order valence-corrected chi connectivity index (χ2v) is 8.61. The maximum Gasteiger partial charge on any atom is 0.276 e. The lowest BCUT2D eigenvalue weighted by Gasteiger charge is -2.01. The molecular formula is C15H6Br3N3O2S. The van der Waals surface area contributed by atoms with Crippen molar-refractivity contribution in [3.63, 3.8) is 0 Å². The molecule has 0 aliphatic rings. The van der Waals surface area contributed by atoms with Gasteiger partial charge in [0, 0.05) is 10.7 Å². The quantitative estimate of drug-likeness (QED) is 0.405. The number of aromatic nitrogens is 3. The molecule has 0 aliphatic carbocycles. The van der Waals surface area contributed by atoms with Crippen LogP contribution in [0.1, 0.15) is 5.56 Å². The topological polar surface area (TPSA) is 67.5 Å². The van der Waals surface area contributed by atoms with Gasteiger partial charge in [-0.3, -0.25) is 4.79 Å². The van der Waals surface area contributed by atoms with Gasteiger partial charge in [0.15, 0.2) is 10.6 Å². The van der Waals surface area contributed by atoms with Crippen LogP contribution in [0, 0.1) is 0 Å². The van der Waals surface area contributed by atoms with Gasteiger partial charge in [0.2, 0.25) is 0 Å². The average Bonchev–Trinajstić information content (AvgIpc) is 3.01. The molecule has 3 aromatic heterocycles. The Morgan fingerprint density at radius 2 is 1.88 bits per heavy atom. The third-order valence-electron chi connectivity index (χ3n) is 3.39. The van der Waals surface area contributed by atoms with Gasteiger partial charge in [-0.05, 0) is 77.6 Å². The number of pyridine rings is 1. The number of halogens is 3. The molecule has 0 bridgehead atoms. The Morgan fingerprint density at radius 3 is 2.58 bits per heavy atom. The fourth-order valence-corrected chi connectivity index (χ4v) is 4.85. The minimum Gasteiger partial charge on any atom is -0.506 e. The van der Waals surface area contributed by atoms with Crippen LogP contribution in [0.25, 0.3) is 22.2 Å². The van der Waals surface area contributed by atoms with E-state index in [1.54, 1.807) is 24.4 Å². The number of thiazole rings is 1. The number of phenolic OH excluding ortho intramolecular Hbond substituents is 1. The van der Waals surface area contributed by atoms with Gasteiger partial charge < -0.3 is 5.11 Å². The van der Waals surface area contributed by atoms with E-state index >= 15 is 0 Å². The molecule has 0 unspecified atom stereocenters. The van der Waals surface area contributed by atoms with Crippen molar-refractivity contribution in [3.05, 3.63) is 58.3 Å². The van der Waals surface area contributed by atoms with Crippen LogP contribution in [0.5, 0.6) is 5.75 Å². The van der Waals surface area contributed by atoms with E-state index in [9.17, 15) is 9.90 Å². The highest BCUT2D eigenvalue weighted by Gasteiger charge is 2.13. The van der Waals surface area contributed by atoms with Gasteiger partial charge in [0.25, 0.3) is 5.56 Å². The molecule has 0 spiro atoms. The van der Waals surface area contributed by atoms with Crippen LogP contribution in [0.15, 0.2) is 42.6 Å². The van der Waals surface area contributed by atoms with Crippen molar-refractivity contribution in [3.8, 4) is 5.75 Å². The summed E-state index contributed by atoms with van der Waals surface area (Å²) in [5, 5.41) is 9.78. The van der Waals surface area contributed by atoms with Gasteiger partial charge >= 0.3 is 0 Å². The second-order valence-electron chi connectivity index (χ2n) is 4.98. The van der Waals surface area contributed by atoms with Crippen LogP contribution in [0.3, 0.4) is 0 Å². The van der Waals surface area contributed by atoms with E-state index < -0.39 is 0 Å². The Balaban J connectivity index is 1.98. The molecule has 1 aromatic carbocycles. The van der Waals surface area contributed by atoms with E-state index in [1.807, 2.05) is 6.07 Å². The SMILES string of the molecule is O=c1c(=Cc2cc(Br)c(O)c(Br)c2)sc2nc3cc(Br)cnc3n12. The molecule has 4 rings (SSSR count). The zero-order valence-electron chi connectivity index (χ0n) is 11.6. The average molecular weight is 532 g/mol. The van der Waals surface area contributed by atoms with Crippen LogP contribution in [0.4, 0.5) is 0 Å². The second kappa shape index (κ2) is 5.91. The van der Waals surface area contributed by atoms with E-state index in [4.69, 9.17) is 0 Å². The third-order valence-corrected chi connectivity index (χ3v) is 6.00. The van der Waals surface area contributed by atoms with E-state index in [1.165, 1.54) is 15.7 Å². The molecular weight excluding hydrogens is 526 g/mol. The number of imidazole rings is 1. The summed E-state index contributed by atoms with van der Waals surface area (Å²) in [4.78, 5) is 22.1. The predicted molar refractivity (Wildman–Crippen MR) is 105 cm³/mol. The molecule has 0 amide bonds. The smallest absolute Gasteiger partial charge is 0.276 e. The summed E-state index contributed by atoms with van der Waals surface area (Å²) < 4.78 is 3.98. The van der Waals surface area contributed by atoms with Gasteiger partial charge in [-0.2, -0.15) is 0 Å². The predicted octanol–water partition coefficient (Wildman–Crippen LogP) is 3.85. The molecule has 1 N–H and O–H groups in total. The summed E-state index contributed by atoms with van der Waals surface area (Å²) in [6, 6.07) is 5.32. The van der Waals surface area contributed by atoms with Crippen LogP contribution < -0.4 is 10.1 Å². The van der Waals surface area contributed by atoms with Crippen molar-refractivity contribution < 1.29 is 5.11 Å². The summed E-state index contributed by atoms with van der Waals surface area (Å²) in [6.45, 7) is 0. The highest BCUT2D eigenvalue weighted by atomic mass is 79.9. The van der Waals surface area contributed by atoms with Crippen LogP contribution >= 0.6 is 59.1 Å².